The number of aryl methyl sites for hydroxylation is 1. The summed E-state index contributed by atoms with van der Waals surface area (Å²) in [6.07, 6.45) is 2.15. The average molecular weight is 300 g/mol. The van der Waals surface area contributed by atoms with Crippen molar-refractivity contribution in [3.05, 3.63) is 47.9 Å². The van der Waals surface area contributed by atoms with Gasteiger partial charge in [0.1, 0.15) is 17.8 Å². The van der Waals surface area contributed by atoms with Crippen molar-refractivity contribution in [3.8, 4) is 0 Å². The zero-order valence-corrected chi connectivity index (χ0v) is 12.8. The molecule has 2 N–H and O–H groups in total. The molecule has 0 aliphatic carbocycles. The number of methoxy groups -OCH3 is 1. The topological polar surface area (TPSA) is 76.1 Å². The summed E-state index contributed by atoms with van der Waals surface area (Å²) in [6, 6.07) is 9.52. The second-order valence-corrected chi connectivity index (χ2v) is 4.83. The lowest BCUT2D eigenvalue weighted by Crippen LogP contribution is -2.26. The second-order valence-electron chi connectivity index (χ2n) is 4.83. The Bertz CT molecular complexity index is 631. The molecule has 0 aliphatic rings. The van der Waals surface area contributed by atoms with E-state index < -0.39 is 0 Å². The van der Waals surface area contributed by atoms with Crippen LogP contribution < -0.4 is 10.6 Å². The zero-order valence-electron chi connectivity index (χ0n) is 12.8. The molecule has 2 aromatic rings. The number of ether oxygens (including phenoxy) is 1. The minimum absolute atomic E-state index is 0.216. The maximum absolute atomic E-state index is 12.0. The quantitative estimate of drug-likeness (QED) is 0.767. The van der Waals surface area contributed by atoms with E-state index in [9.17, 15) is 4.79 Å². The number of hydrogen-bond acceptors (Lipinski definition) is 5. The Kier molecular flexibility index (Phi) is 5.85. The van der Waals surface area contributed by atoms with Crippen molar-refractivity contribution in [1.82, 2.24) is 15.3 Å². The van der Waals surface area contributed by atoms with Crippen LogP contribution in [-0.4, -0.2) is 36.1 Å². The van der Waals surface area contributed by atoms with Gasteiger partial charge in [0.05, 0.1) is 0 Å². The van der Waals surface area contributed by atoms with Gasteiger partial charge in [-0.05, 0) is 25.0 Å². The van der Waals surface area contributed by atoms with Crippen LogP contribution in [0.5, 0.6) is 0 Å². The van der Waals surface area contributed by atoms with E-state index in [0.29, 0.717) is 24.7 Å². The van der Waals surface area contributed by atoms with Crippen LogP contribution in [0.15, 0.2) is 36.7 Å². The fraction of sp³-hybridized carbons (Fsp3) is 0.312. The van der Waals surface area contributed by atoms with Crippen molar-refractivity contribution >= 4 is 17.4 Å². The Morgan fingerprint density at radius 2 is 2.09 bits per heavy atom. The number of carbonyl (C=O) groups excluding carboxylic acids is 1. The zero-order chi connectivity index (χ0) is 15.8. The molecule has 22 heavy (non-hydrogen) atoms. The van der Waals surface area contributed by atoms with E-state index in [1.54, 1.807) is 13.2 Å². The smallest absolute Gasteiger partial charge is 0.270 e. The standard InChI is InChI=1S/C16H20N4O2/c1-12-6-3-4-7-13(12)20-15-10-14(18-11-19-15)16(21)17-8-5-9-22-2/h3-4,6-7,10-11H,5,8-9H2,1-2H3,(H,17,21)(H,18,19,20). The molecule has 2 rings (SSSR count). The lowest BCUT2D eigenvalue weighted by atomic mass is 10.2. The highest BCUT2D eigenvalue weighted by Crippen LogP contribution is 2.18. The lowest BCUT2D eigenvalue weighted by molar-refractivity contribution is 0.0943. The maximum Gasteiger partial charge on any atom is 0.270 e. The summed E-state index contributed by atoms with van der Waals surface area (Å²) in [6.45, 7) is 3.17. The van der Waals surface area contributed by atoms with Crippen LogP contribution in [0.25, 0.3) is 0 Å². The van der Waals surface area contributed by atoms with Crippen LogP contribution in [-0.2, 0) is 4.74 Å². The number of carbonyl (C=O) groups is 1. The number of rotatable bonds is 7. The van der Waals surface area contributed by atoms with Gasteiger partial charge in [0.25, 0.3) is 5.91 Å². The van der Waals surface area contributed by atoms with Crippen LogP contribution in [0.3, 0.4) is 0 Å². The summed E-state index contributed by atoms with van der Waals surface area (Å²) in [7, 11) is 1.63. The second kappa shape index (κ2) is 8.09. The lowest BCUT2D eigenvalue weighted by Gasteiger charge is -2.09. The van der Waals surface area contributed by atoms with Crippen LogP contribution in [0.2, 0.25) is 0 Å². The predicted octanol–water partition coefficient (Wildman–Crippen LogP) is 2.29. The largest absolute Gasteiger partial charge is 0.385 e. The van der Waals surface area contributed by atoms with Gasteiger partial charge in [0, 0.05) is 32.0 Å². The van der Waals surface area contributed by atoms with Crippen molar-refractivity contribution < 1.29 is 9.53 Å². The van der Waals surface area contributed by atoms with Gasteiger partial charge in [-0.2, -0.15) is 0 Å². The van der Waals surface area contributed by atoms with Gasteiger partial charge in [0.2, 0.25) is 0 Å². The third-order valence-corrected chi connectivity index (χ3v) is 3.12. The third kappa shape index (κ3) is 4.53. The molecule has 0 aliphatic heterocycles. The number of amides is 1. The van der Waals surface area contributed by atoms with Crippen molar-refractivity contribution in [2.75, 3.05) is 25.6 Å². The van der Waals surface area contributed by atoms with Gasteiger partial charge in [-0.15, -0.1) is 0 Å². The van der Waals surface area contributed by atoms with Crippen LogP contribution >= 0.6 is 0 Å². The first kappa shape index (κ1) is 15.9. The number of aromatic nitrogens is 2. The molecular formula is C16H20N4O2. The van der Waals surface area contributed by atoms with E-state index in [0.717, 1.165) is 17.7 Å². The van der Waals surface area contributed by atoms with Gasteiger partial charge in [-0.3, -0.25) is 4.79 Å². The summed E-state index contributed by atoms with van der Waals surface area (Å²) in [5.41, 5.74) is 2.39. The maximum atomic E-state index is 12.0. The highest BCUT2D eigenvalue weighted by Gasteiger charge is 2.08. The minimum atomic E-state index is -0.216. The number of benzene rings is 1. The summed E-state index contributed by atoms with van der Waals surface area (Å²) < 4.78 is 4.94. The molecule has 1 aromatic carbocycles. The Hall–Kier alpha value is -2.47. The summed E-state index contributed by atoms with van der Waals surface area (Å²) in [5, 5.41) is 5.99. The highest BCUT2D eigenvalue weighted by molar-refractivity contribution is 5.92. The van der Waals surface area contributed by atoms with Crippen LogP contribution in [0.4, 0.5) is 11.5 Å². The van der Waals surface area contributed by atoms with Crippen LogP contribution in [0, 0.1) is 6.92 Å². The Morgan fingerprint density at radius 1 is 1.27 bits per heavy atom. The first-order valence-corrected chi connectivity index (χ1v) is 7.12. The van der Waals surface area contributed by atoms with E-state index in [4.69, 9.17) is 4.74 Å². The number of para-hydroxylation sites is 1. The fourth-order valence-corrected chi connectivity index (χ4v) is 1.91. The van der Waals surface area contributed by atoms with Crippen molar-refractivity contribution in [1.29, 1.82) is 0 Å². The molecule has 0 atom stereocenters. The average Bonchev–Trinajstić information content (AvgIpc) is 2.54. The summed E-state index contributed by atoms with van der Waals surface area (Å²) in [4.78, 5) is 20.2. The van der Waals surface area contributed by atoms with Gasteiger partial charge in [-0.1, -0.05) is 18.2 Å². The number of hydrogen-bond donors (Lipinski definition) is 2. The SMILES string of the molecule is COCCCNC(=O)c1cc(Nc2ccccc2C)ncn1. The monoisotopic (exact) mass is 300 g/mol. The van der Waals surface area contributed by atoms with Crippen molar-refractivity contribution in [2.24, 2.45) is 0 Å². The summed E-state index contributed by atoms with van der Waals surface area (Å²) in [5.74, 6) is 0.373. The van der Waals surface area contributed by atoms with E-state index >= 15 is 0 Å². The molecule has 6 heteroatoms. The highest BCUT2D eigenvalue weighted by atomic mass is 16.5. The molecule has 0 saturated heterocycles. The first-order valence-electron chi connectivity index (χ1n) is 7.12. The fourth-order valence-electron chi connectivity index (χ4n) is 1.91. The Morgan fingerprint density at radius 3 is 2.86 bits per heavy atom. The van der Waals surface area contributed by atoms with Gasteiger partial charge in [0.15, 0.2) is 0 Å². The van der Waals surface area contributed by atoms with Gasteiger partial charge < -0.3 is 15.4 Å². The molecule has 1 amide bonds. The van der Waals surface area contributed by atoms with Crippen molar-refractivity contribution in [3.63, 3.8) is 0 Å². The van der Waals surface area contributed by atoms with E-state index in [1.165, 1.54) is 6.33 Å². The molecule has 116 valence electrons. The molecule has 1 heterocycles. The Balaban J connectivity index is 2.00. The minimum Gasteiger partial charge on any atom is -0.385 e. The van der Waals surface area contributed by atoms with Gasteiger partial charge in [-0.25, -0.2) is 9.97 Å². The van der Waals surface area contributed by atoms with E-state index in [-0.39, 0.29) is 5.91 Å². The van der Waals surface area contributed by atoms with Crippen LogP contribution in [0.1, 0.15) is 22.5 Å². The number of nitrogens with zero attached hydrogens (tertiary/aromatic N) is 2. The van der Waals surface area contributed by atoms with E-state index in [1.807, 2.05) is 31.2 Å². The number of nitrogens with one attached hydrogen (secondary N) is 2. The predicted molar refractivity (Wildman–Crippen MR) is 85.3 cm³/mol. The third-order valence-electron chi connectivity index (χ3n) is 3.12. The molecule has 0 saturated carbocycles. The van der Waals surface area contributed by atoms with Gasteiger partial charge >= 0.3 is 0 Å². The molecule has 0 bridgehead atoms. The number of anilines is 2. The Labute approximate surface area is 129 Å². The molecule has 0 fully saturated rings. The molecule has 0 radical (unpaired) electrons. The summed E-state index contributed by atoms with van der Waals surface area (Å²) >= 11 is 0. The first-order chi connectivity index (χ1) is 10.7. The van der Waals surface area contributed by atoms with E-state index in [2.05, 4.69) is 20.6 Å². The molecule has 1 aromatic heterocycles. The molecule has 0 spiro atoms. The molecule has 0 unspecified atom stereocenters. The normalized spacial score (nSPS) is 10.3. The molecule has 6 nitrogen and oxygen atoms in total. The molecular weight excluding hydrogens is 280 g/mol. The van der Waals surface area contributed by atoms with Crippen molar-refractivity contribution in [2.45, 2.75) is 13.3 Å².